The van der Waals surface area contributed by atoms with Crippen molar-refractivity contribution in [2.24, 2.45) is 0 Å². The lowest BCUT2D eigenvalue weighted by molar-refractivity contribution is -0.329. The summed E-state index contributed by atoms with van der Waals surface area (Å²) in [5.74, 6) is 0. The molecule has 1 aromatic carbocycles. The van der Waals surface area contributed by atoms with Crippen LogP contribution < -0.4 is 0 Å². The van der Waals surface area contributed by atoms with Gasteiger partial charge in [-0.3, -0.25) is 0 Å². The topological polar surface area (TPSA) is 177 Å². The molecule has 14 aliphatic heterocycles. The average molecular weight is 1350 g/mol. The lowest BCUT2D eigenvalue weighted by Crippen LogP contribution is -2.65. The number of benzene rings is 1. The van der Waals surface area contributed by atoms with E-state index < -0.39 is 40.0 Å². The summed E-state index contributed by atoms with van der Waals surface area (Å²) >= 11 is 0. The highest BCUT2D eigenvalue weighted by molar-refractivity contribution is 6.77. The van der Waals surface area contributed by atoms with Crippen LogP contribution in [0.1, 0.15) is 198 Å². The molecule has 1 N–H and O–H groups in total. The van der Waals surface area contributed by atoms with E-state index in [0.29, 0.717) is 61.9 Å². The Morgan fingerprint density at radius 1 is 0.468 bits per heavy atom. The highest BCUT2D eigenvalue weighted by Crippen LogP contribution is 2.54. The number of rotatable bonds is 12. The summed E-state index contributed by atoms with van der Waals surface area (Å²) < 4.78 is 121. The Morgan fingerprint density at radius 3 is 1.48 bits per heavy atom. The van der Waals surface area contributed by atoms with E-state index in [1.165, 1.54) is 5.56 Å². The van der Waals surface area contributed by atoms with Crippen molar-refractivity contribution in [2.45, 2.75) is 422 Å². The number of ether oxygens (including phenoxy) is 15. The van der Waals surface area contributed by atoms with Crippen LogP contribution in [0, 0.1) is 0 Å². The molecule has 14 fully saturated rings. The zero-order valence-corrected chi connectivity index (χ0v) is 61.2. The molecule has 0 spiro atoms. The van der Waals surface area contributed by atoms with E-state index >= 15 is 0 Å². The molecule has 0 saturated carbocycles. The highest BCUT2D eigenvalue weighted by atomic mass is 28.4. The molecule has 0 aliphatic carbocycles. The fourth-order valence-electron chi connectivity index (χ4n) is 20.6. The van der Waals surface area contributed by atoms with Crippen molar-refractivity contribution in [2.75, 3.05) is 6.61 Å². The van der Waals surface area contributed by atoms with Gasteiger partial charge >= 0.3 is 0 Å². The van der Waals surface area contributed by atoms with Gasteiger partial charge in [-0.1, -0.05) is 92.6 Å². The Balaban J connectivity index is 0.571. The monoisotopic (exact) mass is 1350 g/mol. The van der Waals surface area contributed by atoms with Crippen molar-refractivity contribution in [3.05, 3.63) is 35.9 Å². The van der Waals surface area contributed by atoms with Crippen LogP contribution >= 0.6 is 0 Å². The summed E-state index contributed by atoms with van der Waals surface area (Å²) in [5.41, 5.74) is 1.19. The lowest BCUT2D eigenvalue weighted by Gasteiger charge is -2.56. The summed E-state index contributed by atoms with van der Waals surface area (Å²) in [4.78, 5) is 0. The fourth-order valence-corrected chi connectivity index (χ4v) is 27.6. The number of aliphatic hydroxyl groups is 1. The van der Waals surface area contributed by atoms with Gasteiger partial charge in [0.15, 0.2) is 8.32 Å². The summed E-state index contributed by atoms with van der Waals surface area (Å²) in [6.07, 6.45) is 7.48. The SMILES string of the molecule is CC(C)[Si](O[C@H]1C[C@H]2OC(CCOCc3ccccc3)C[C@@H]2O[C@@H]2C[C@@H]3O[C@@H]4C[C@@H]5O[C@@H]6CC[C@@H]7O[C@@H]8C[C@@H]9O[C@@H]%10C[C@]%11(C)O[C@@H]%12C[C@@H]%13O[C@H](C)[C@@H](O[Si](C)(C)C(C)(C)C)C[C@H]%13O[C@H]%12CC[C@H]%11O[C@H]%10C[C@H]9O[C@H]8C[C@H]7O[C@@]6(C)C[C@H]5O[C@H]4[C@@H](O)C[C@H]3O[C@@H]12)(C(C)C)C(C)C. The molecule has 31 atom stereocenters. The van der Waals surface area contributed by atoms with Crippen LogP contribution in [0.25, 0.3) is 0 Å². The highest BCUT2D eigenvalue weighted by Gasteiger charge is 2.63. The van der Waals surface area contributed by atoms with Crippen LogP contribution in [0.4, 0.5) is 0 Å². The predicted octanol–water partition coefficient (Wildman–Crippen LogP) is 11.7. The van der Waals surface area contributed by atoms with Crippen molar-refractivity contribution in [1.82, 2.24) is 0 Å². The van der Waals surface area contributed by atoms with E-state index in [4.69, 9.17) is 79.9 Å². The predicted molar refractivity (Wildman–Crippen MR) is 355 cm³/mol. The third-order valence-electron chi connectivity index (χ3n) is 26.5. The van der Waals surface area contributed by atoms with E-state index in [2.05, 4.69) is 120 Å². The molecule has 14 aliphatic rings. The fraction of sp³-hybridized carbons (Fsp3) is 0.919. The molecule has 94 heavy (non-hydrogen) atoms. The molecular weight excluding hydrogens is 1230 g/mol. The van der Waals surface area contributed by atoms with Crippen molar-refractivity contribution in [1.29, 1.82) is 0 Å². The zero-order valence-electron chi connectivity index (χ0n) is 59.2. The molecule has 1 aromatic rings. The minimum Gasteiger partial charge on any atom is -0.411 e. The average Bonchev–Trinajstić information content (AvgIpc) is 1.40. The maximum absolute atomic E-state index is 12.4. The first-order valence-electron chi connectivity index (χ1n) is 37.6. The number of hydrogen-bond donors (Lipinski definition) is 1. The minimum absolute atomic E-state index is 0.00483. The summed E-state index contributed by atoms with van der Waals surface area (Å²) in [6.45, 7) is 33.5. The molecule has 530 valence electrons. The number of hydrogen-bond acceptors (Lipinski definition) is 18. The second kappa shape index (κ2) is 26.6. The van der Waals surface area contributed by atoms with E-state index in [1.807, 2.05) is 6.07 Å². The quantitative estimate of drug-likeness (QED) is 0.154. The van der Waals surface area contributed by atoms with Crippen molar-refractivity contribution >= 4 is 16.6 Å². The zero-order chi connectivity index (χ0) is 65.5. The third-order valence-corrected chi connectivity index (χ3v) is 37.1. The first-order chi connectivity index (χ1) is 44.8. The number of aliphatic hydroxyl groups excluding tert-OH is 1. The number of fused-ring (bicyclic) bond motifs is 13. The Bertz CT molecular complexity index is 2720. The molecule has 0 aromatic heterocycles. The molecule has 20 heteroatoms. The second-order valence-corrected chi connectivity index (χ2v) is 44.9. The minimum atomic E-state index is -2.39. The lowest BCUT2D eigenvalue weighted by atomic mass is 9.80. The van der Waals surface area contributed by atoms with E-state index in [9.17, 15) is 5.11 Å². The molecule has 0 bridgehead atoms. The normalized spacial score (nSPS) is 49.3. The van der Waals surface area contributed by atoms with Crippen LogP contribution in [-0.4, -0.2) is 217 Å². The molecule has 14 heterocycles. The molecular formula is C74H118O18Si2. The molecule has 0 amide bonds. The van der Waals surface area contributed by atoms with Crippen LogP contribution in [-0.2, 0) is 86.5 Å². The van der Waals surface area contributed by atoms with Gasteiger partial charge in [0.1, 0.15) is 12.2 Å². The van der Waals surface area contributed by atoms with Crippen LogP contribution in [0.15, 0.2) is 30.3 Å². The molecule has 18 nitrogen and oxygen atoms in total. The van der Waals surface area contributed by atoms with Gasteiger partial charge in [-0.2, -0.15) is 0 Å². The summed E-state index contributed by atoms with van der Waals surface area (Å²) in [6, 6.07) is 10.3. The summed E-state index contributed by atoms with van der Waals surface area (Å²) in [5, 5.41) is 12.5. The Kier molecular flexibility index (Phi) is 19.5. The Labute approximate surface area is 563 Å². The van der Waals surface area contributed by atoms with Crippen LogP contribution in [0.5, 0.6) is 0 Å². The molecule has 0 radical (unpaired) electrons. The smallest absolute Gasteiger partial charge is 0.200 e. The first kappa shape index (κ1) is 68.7. The third kappa shape index (κ3) is 13.1. The van der Waals surface area contributed by atoms with Gasteiger partial charge in [0.2, 0.25) is 8.32 Å². The standard InChI is InChI=1S/C74H118O18Si2/c1-39(2)94(40(3)4,41(5)6)92-65-35-52-49(26-44(78-52)24-25-76-38-43-18-16-15-17-19-43)82-64-33-58-50(87-71(64)65)27-45(75)70-63(83-58)34-60-67(88-70)37-74(12)69(86-60)23-21-47-62(90-74)32-57-54(80-47)29-56-55(81-57)30-59-66(84-56)36-73(11)68(85-59)22-20-46-61(89-73)31-51-53(79-46)28-48(42(7)77-51)91-93(13,14)72(8,9)10/h15-19,39-42,44-71,75H,20-38H2,1-14H3/t42-,44?,45+,46+,47+,48+,49+,50-,51+,52-,53-,54-,55-,56+,57+,58+,59+,60+,61-,62-,63-,64-,65+,66-,67-,68-,69-,70+,71-,73+,74+/m1/s1. The van der Waals surface area contributed by atoms with E-state index in [0.717, 1.165) is 77.0 Å². The Hall–Kier alpha value is -1.07. The first-order valence-corrected chi connectivity index (χ1v) is 42.7. The van der Waals surface area contributed by atoms with Crippen LogP contribution in [0.2, 0.25) is 34.8 Å². The Morgan fingerprint density at radius 2 is 0.904 bits per heavy atom. The van der Waals surface area contributed by atoms with Crippen LogP contribution in [0.3, 0.4) is 0 Å². The maximum Gasteiger partial charge on any atom is 0.200 e. The molecule has 1 unspecified atom stereocenters. The van der Waals surface area contributed by atoms with E-state index in [1.54, 1.807) is 0 Å². The van der Waals surface area contributed by atoms with Gasteiger partial charge in [0.25, 0.3) is 0 Å². The van der Waals surface area contributed by atoms with Gasteiger partial charge < -0.3 is 85.0 Å². The van der Waals surface area contributed by atoms with Gasteiger partial charge in [0, 0.05) is 83.7 Å². The van der Waals surface area contributed by atoms with Gasteiger partial charge in [-0.05, 0) is 93.2 Å². The summed E-state index contributed by atoms with van der Waals surface area (Å²) in [7, 11) is -4.38. The van der Waals surface area contributed by atoms with Crippen molar-refractivity contribution in [3.63, 3.8) is 0 Å². The van der Waals surface area contributed by atoms with E-state index in [-0.39, 0.29) is 170 Å². The second-order valence-electron chi connectivity index (χ2n) is 34.7. The van der Waals surface area contributed by atoms with Crippen molar-refractivity contribution in [3.8, 4) is 0 Å². The van der Waals surface area contributed by atoms with Gasteiger partial charge in [-0.15, -0.1) is 0 Å². The van der Waals surface area contributed by atoms with Crippen molar-refractivity contribution < 1.29 is 85.0 Å². The maximum atomic E-state index is 12.4. The largest absolute Gasteiger partial charge is 0.411 e. The van der Waals surface area contributed by atoms with Gasteiger partial charge in [-0.25, -0.2) is 0 Å². The van der Waals surface area contributed by atoms with Gasteiger partial charge in [0.05, 0.1) is 183 Å². The molecule has 14 saturated heterocycles. The molecule has 15 rings (SSSR count).